The SMILES string of the molecule is COc1cc(NCC(N)=O)c(OC)cc1C. The van der Waals surface area contributed by atoms with Crippen LogP contribution in [-0.4, -0.2) is 26.7 Å². The average molecular weight is 224 g/mol. The Hall–Kier alpha value is -1.91. The first-order valence-corrected chi connectivity index (χ1v) is 4.83. The van der Waals surface area contributed by atoms with Crippen molar-refractivity contribution in [3.63, 3.8) is 0 Å². The number of nitrogens with two attached hydrogens (primary N) is 1. The lowest BCUT2D eigenvalue weighted by Gasteiger charge is -2.13. The van der Waals surface area contributed by atoms with Gasteiger partial charge in [0.25, 0.3) is 0 Å². The topological polar surface area (TPSA) is 73.6 Å². The quantitative estimate of drug-likeness (QED) is 0.779. The monoisotopic (exact) mass is 224 g/mol. The minimum absolute atomic E-state index is 0.0581. The lowest BCUT2D eigenvalue weighted by Crippen LogP contribution is -2.22. The Balaban J connectivity index is 2.99. The van der Waals surface area contributed by atoms with Gasteiger partial charge in [0.05, 0.1) is 26.5 Å². The van der Waals surface area contributed by atoms with E-state index in [9.17, 15) is 4.79 Å². The molecule has 0 unspecified atom stereocenters. The second-order valence-electron chi connectivity index (χ2n) is 3.34. The summed E-state index contributed by atoms with van der Waals surface area (Å²) < 4.78 is 10.4. The molecule has 0 fully saturated rings. The molecule has 0 saturated carbocycles. The van der Waals surface area contributed by atoms with Crippen LogP contribution >= 0.6 is 0 Å². The normalized spacial score (nSPS) is 9.69. The van der Waals surface area contributed by atoms with Gasteiger partial charge in [-0.15, -0.1) is 0 Å². The maximum Gasteiger partial charge on any atom is 0.236 e. The first-order chi connectivity index (χ1) is 7.58. The summed E-state index contributed by atoms with van der Waals surface area (Å²) in [5, 5.41) is 2.89. The molecule has 0 heterocycles. The summed E-state index contributed by atoms with van der Waals surface area (Å²) in [4.78, 5) is 10.7. The van der Waals surface area contributed by atoms with Crippen LogP contribution < -0.4 is 20.5 Å². The van der Waals surface area contributed by atoms with Crippen LogP contribution in [0.4, 0.5) is 5.69 Å². The molecular formula is C11H16N2O3. The number of rotatable bonds is 5. The summed E-state index contributed by atoms with van der Waals surface area (Å²) in [6.45, 7) is 1.97. The number of ether oxygens (including phenoxy) is 2. The van der Waals surface area contributed by atoms with Crippen LogP contribution in [0.3, 0.4) is 0 Å². The predicted molar refractivity (Wildman–Crippen MR) is 62.0 cm³/mol. The highest BCUT2D eigenvalue weighted by Crippen LogP contribution is 2.32. The molecule has 0 spiro atoms. The van der Waals surface area contributed by atoms with E-state index in [4.69, 9.17) is 15.2 Å². The van der Waals surface area contributed by atoms with Gasteiger partial charge >= 0.3 is 0 Å². The highest BCUT2D eigenvalue weighted by atomic mass is 16.5. The molecule has 1 amide bonds. The fraction of sp³-hybridized carbons (Fsp3) is 0.364. The number of primary amides is 1. The van der Waals surface area contributed by atoms with Crippen molar-refractivity contribution in [3.05, 3.63) is 17.7 Å². The molecule has 1 rings (SSSR count). The second-order valence-corrected chi connectivity index (χ2v) is 3.34. The number of amides is 1. The maximum atomic E-state index is 10.7. The van der Waals surface area contributed by atoms with E-state index in [-0.39, 0.29) is 6.54 Å². The van der Waals surface area contributed by atoms with Gasteiger partial charge in [-0.3, -0.25) is 4.79 Å². The summed E-state index contributed by atoms with van der Waals surface area (Å²) in [7, 11) is 3.16. The van der Waals surface area contributed by atoms with Gasteiger partial charge in [0.2, 0.25) is 5.91 Å². The molecule has 3 N–H and O–H groups in total. The zero-order valence-corrected chi connectivity index (χ0v) is 9.66. The molecule has 5 nitrogen and oxygen atoms in total. The van der Waals surface area contributed by atoms with E-state index in [0.29, 0.717) is 11.4 Å². The van der Waals surface area contributed by atoms with E-state index in [1.165, 1.54) is 0 Å². The van der Waals surface area contributed by atoms with Crippen LogP contribution in [0.2, 0.25) is 0 Å². The molecular weight excluding hydrogens is 208 g/mol. The van der Waals surface area contributed by atoms with Crippen molar-refractivity contribution in [1.29, 1.82) is 0 Å². The van der Waals surface area contributed by atoms with Crippen molar-refractivity contribution < 1.29 is 14.3 Å². The number of carbonyl (C=O) groups is 1. The fourth-order valence-electron chi connectivity index (χ4n) is 1.37. The average Bonchev–Trinajstić information content (AvgIpc) is 2.26. The van der Waals surface area contributed by atoms with Gasteiger partial charge < -0.3 is 20.5 Å². The molecule has 0 bridgehead atoms. The number of benzene rings is 1. The van der Waals surface area contributed by atoms with Crippen molar-refractivity contribution >= 4 is 11.6 Å². The van der Waals surface area contributed by atoms with E-state index in [1.54, 1.807) is 20.3 Å². The molecule has 5 heteroatoms. The summed E-state index contributed by atoms with van der Waals surface area (Å²) in [6, 6.07) is 3.61. The molecule has 0 aromatic heterocycles. The highest BCUT2D eigenvalue weighted by Gasteiger charge is 2.08. The molecule has 16 heavy (non-hydrogen) atoms. The summed E-state index contributed by atoms with van der Waals surface area (Å²) in [6.07, 6.45) is 0. The second kappa shape index (κ2) is 5.25. The number of methoxy groups -OCH3 is 2. The Kier molecular flexibility index (Phi) is 3.99. The fourth-order valence-corrected chi connectivity index (χ4v) is 1.37. The lowest BCUT2D eigenvalue weighted by atomic mass is 10.2. The molecule has 0 atom stereocenters. The summed E-state index contributed by atoms with van der Waals surface area (Å²) in [5.41, 5.74) is 6.70. The van der Waals surface area contributed by atoms with Crippen molar-refractivity contribution in [2.45, 2.75) is 6.92 Å². The van der Waals surface area contributed by atoms with Gasteiger partial charge in [-0.25, -0.2) is 0 Å². The van der Waals surface area contributed by atoms with Gasteiger partial charge in [0, 0.05) is 6.07 Å². The zero-order chi connectivity index (χ0) is 12.1. The minimum atomic E-state index is -0.429. The number of hydrogen-bond donors (Lipinski definition) is 2. The van der Waals surface area contributed by atoms with Gasteiger partial charge in [0.15, 0.2) is 0 Å². The highest BCUT2D eigenvalue weighted by molar-refractivity contribution is 5.79. The Labute approximate surface area is 94.5 Å². The zero-order valence-electron chi connectivity index (χ0n) is 9.66. The Morgan fingerprint density at radius 1 is 1.31 bits per heavy atom. The van der Waals surface area contributed by atoms with Crippen molar-refractivity contribution in [1.82, 2.24) is 0 Å². The number of carbonyl (C=O) groups excluding carboxylic acids is 1. The third kappa shape index (κ3) is 2.79. The summed E-state index contributed by atoms with van der Waals surface area (Å²) >= 11 is 0. The number of hydrogen-bond acceptors (Lipinski definition) is 4. The van der Waals surface area contributed by atoms with Crippen LogP contribution in [-0.2, 0) is 4.79 Å². The minimum Gasteiger partial charge on any atom is -0.496 e. The van der Waals surface area contributed by atoms with Gasteiger partial charge in [-0.05, 0) is 18.6 Å². The van der Waals surface area contributed by atoms with Crippen molar-refractivity contribution in [2.75, 3.05) is 26.1 Å². The number of aryl methyl sites for hydroxylation is 1. The third-order valence-corrected chi connectivity index (χ3v) is 2.17. The number of nitrogens with one attached hydrogen (secondary N) is 1. The number of anilines is 1. The Morgan fingerprint density at radius 2 is 1.94 bits per heavy atom. The third-order valence-electron chi connectivity index (χ3n) is 2.17. The maximum absolute atomic E-state index is 10.7. The Bertz CT molecular complexity index is 391. The van der Waals surface area contributed by atoms with Crippen molar-refractivity contribution in [3.8, 4) is 11.5 Å². The van der Waals surface area contributed by atoms with Crippen LogP contribution in [0.5, 0.6) is 11.5 Å². The summed E-state index contributed by atoms with van der Waals surface area (Å²) in [5.74, 6) is 0.953. The van der Waals surface area contributed by atoms with Crippen LogP contribution in [0.15, 0.2) is 12.1 Å². The van der Waals surface area contributed by atoms with Crippen molar-refractivity contribution in [2.24, 2.45) is 5.73 Å². The van der Waals surface area contributed by atoms with E-state index in [2.05, 4.69) is 5.32 Å². The van der Waals surface area contributed by atoms with E-state index in [1.807, 2.05) is 13.0 Å². The standard InChI is InChI=1S/C11H16N2O3/c1-7-4-10(16-3)8(5-9(7)15-2)13-6-11(12)14/h4-5,13H,6H2,1-3H3,(H2,12,14). The van der Waals surface area contributed by atoms with Crippen LogP contribution in [0, 0.1) is 6.92 Å². The molecule has 0 aliphatic rings. The molecule has 0 radical (unpaired) electrons. The molecule has 0 saturated heterocycles. The van der Waals surface area contributed by atoms with Gasteiger partial charge in [0.1, 0.15) is 11.5 Å². The van der Waals surface area contributed by atoms with Gasteiger partial charge in [-0.1, -0.05) is 0 Å². The van der Waals surface area contributed by atoms with E-state index < -0.39 is 5.91 Å². The lowest BCUT2D eigenvalue weighted by molar-refractivity contribution is -0.116. The first kappa shape index (κ1) is 12.2. The first-order valence-electron chi connectivity index (χ1n) is 4.83. The molecule has 0 aliphatic heterocycles. The van der Waals surface area contributed by atoms with E-state index in [0.717, 1.165) is 11.3 Å². The van der Waals surface area contributed by atoms with Crippen LogP contribution in [0.25, 0.3) is 0 Å². The molecule has 88 valence electrons. The Morgan fingerprint density at radius 3 is 2.44 bits per heavy atom. The largest absolute Gasteiger partial charge is 0.496 e. The smallest absolute Gasteiger partial charge is 0.236 e. The van der Waals surface area contributed by atoms with Crippen LogP contribution in [0.1, 0.15) is 5.56 Å². The molecule has 1 aromatic carbocycles. The van der Waals surface area contributed by atoms with E-state index >= 15 is 0 Å². The molecule has 0 aliphatic carbocycles. The predicted octanol–water partition coefficient (Wildman–Crippen LogP) is 0.909. The van der Waals surface area contributed by atoms with Gasteiger partial charge in [-0.2, -0.15) is 0 Å². The molecule has 1 aromatic rings.